The summed E-state index contributed by atoms with van der Waals surface area (Å²) in [6, 6.07) is 7.21. The zero-order valence-electron chi connectivity index (χ0n) is 11.2. The SMILES string of the molecule is CCCCSCc1cccc(S(=O)(=O)N(C)C)c1. The summed E-state index contributed by atoms with van der Waals surface area (Å²) in [5.41, 5.74) is 1.07. The predicted molar refractivity (Wildman–Crippen MR) is 78.4 cm³/mol. The number of benzene rings is 1. The Hall–Kier alpha value is -0.520. The summed E-state index contributed by atoms with van der Waals surface area (Å²) in [6.45, 7) is 2.17. The summed E-state index contributed by atoms with van der Waals surface area (Å²) in [5.74, 6) is 2.00. The van der Waals surface area contributed by atoms with E-state index in [0.717, 1.165) is 17.1 Å². The summed E-state index contributed by atoms with van der Waals surface area (Å²) >= 11 is 1.85. The first-order chi connectivity index (χ1) is 8.48. The predicted octanol–water partition coefficient (Wildman–Crippen LogP) is 2.97. The summed E-state index contributed by atoms with van der Waals surface area (Å²) in [5, 5.41) is 0. The molecule has 0 amide bonds. The minimum atomic E-state index is -3.31. The molecule has 0 unspecified atom stereocenters. The molecule has 0 fully saturated rings. The van der Waals surface area contributed by atoms with Crippen molar-refractivity contribution in [1.29, 1.82) is 0 Å². The van der Waals surface area contributed by atoms with Crippen LogP contribution in [0.3, 0.4) is 0 Å². The lowest BCUT2D eigenvalue weighted by Crippen LogP contribution is -2.22. The topological polar surface area (TPSA) is 37.4 Å². The molecule has 0 spiro atoms. The maximum absolute atomic E-state index is 12.0. The highest BCUT2D eigenvalue weighted by atomic mass is 32.2. The number of rotatable bonds is 7. The third kappa shape index (κ3) is 4.30. The number of hydrogen-bond acceptors (Lipinski definition) is 3. The fraction of sp³-hybridized carbons (Fsp3) is 0.538. The summed E-state index contributed by atoms with van der Waals surface area (Å²) in [4.78, 5) is 0.376. The molecule has 0 saturated carbocycles. The van der Waals surface area contributed by atoms with Gasteiger partial charge in [-0.1, -0.05) is 25.5 Å². The van der Waals surface area contributed by atoms with Crippen molar-refractivity contribution in [3.63, 3.8) is 0 Å². The van der Waals surface area contributed by atoms with E-state index < -0.39 is 10.0 Å². The summed E-state index contributed by atoms with van der Waals surface area (Å²) in [7, 11) is -0.203. The van der Waals surface area contributed by atoms with Crippen molar-refractivity contribution in [1.82, 2.24) is 4.31 Å². The fourth-order valence-electron chi connectivity index (χ4n) is 1.44. The second-order valence-corrected chi connectivity index (χ2v) is 7.60. The van der Waals surface area contributed by atoms with E-state index >= 15 is 0 Å². The van der Waals surface area contributed by atoms with E-state index in [1.165, 1.54) is 17.1 Å². The van der Waals surface area contributed by atoms with E-state index in [9.17, 15) is 8.42 Å². The van der Waals surface area contributed by atoms with Gasteiger partial charge in [-0.3, -0.25) is 0 Å². The molecule has 5 heteroatoms. The minimum Gasteiger partial charge on any atom is -0.207 e. The van der Waals surface area contributed by atoms with E-state index in [-0.39, 0.29) is 0 Å². The van der Waals surface area contributed by atoms with E-state index in [2.05, 4.69) is 6.92 Å². The third-order valence-corrected chi connectivity index (χ3v) is 5.51. The fourth-order valence-corrected chi connectivity index (χ4v) is 3.47. The molecule has 1 rings (SSSR count). The lowest BCUT2D eigenvalue weighted by molar-refractivity contribution is 0.520. The van der Waals surface area contributed by atoms with Crippen LogP contribution in [-0.2, 0) is 15.8 Å². The molecule has 0 aliphatic rings. The third-order valence-electron chi connectivity index (χ3n) is 2.59. The lowest BCUT2D eigenvalue weighted by atomic mass is 10.2. The smallest absolute Gasteiger partial charge is 0.207 e. The molecule has 0 aliphatic heterocycles. The van der Waals surface area contributed by atoms with Gasteiger partial charge in [0.2, 0.25) is 10.0 Å². The van der Waals surface area contributed by atoms with Crippen LogP contribution in [0.4, 0.5) is 0 Å². The Kier molecular flexibility index (Phi) is 6.18. The van der Waals surface area contributed by atoms with Crippen LogP contribution in [-0.4, -0.2) is 32.6 Å². The van der Waals surface area contributed by atoms with Crippen LogP contribution in [0.2, 0.25) is 0 Å². The quantitative estimate of drug-likeness (QED) is 0.724. The van der Waals surface area contributed by atoms with Crippen molar-refractivity contribution in [2.24, 2.45) is 0 Å². The van der Waals surface area contributed by atoms with E-state index in [4.69, 9.17) is 0 Å². The van der Waals surface area contributed by atoms with Crippen LogP contribution in [0.5, 0.6) is 0 Å². The maximum atomic E-state index is 12.0. The molecule has 3 nitrogen and oxygen atoms in total. The monoisotopic (exact) mass is 287 g/mol. The Morgan fingerprint density at radius 3 is 2.61 bits per heavy atom. The highest BCUT2D eigenvalue weighted by Gasteiger charge is 2.16. The van der Waals surface area contributed by atoms with Crippen LogP contribution in [0.25, 0.3) is 0 Å². The van der Waals surface area contributed by atoms with Gasteiger partial charge in [0.1, 0.15) is 0 Å². The second kappa shape index (κ2) is 7.16. The largest absolute Gasteiger partial charge is 0.242 e. The van der Waals surface area contributed by atoms with Gasteiger partial charge in [0.15, 0.2) is 0 Å². The first kappa shape index (κ1) is 15.5. The lowest BCUT2D eigenvalue weighted by Gasteiger charge is -2.12. The first-order valence-corrected chi connectivity index (χ1v) is 8.67. The number of nitrogens with zero attached hydrogens (tertiary/aromatic N) is 1. The Bertz CT molecular complexity index is 470. The highest BCUT2D eigenvalue weighted by molar-refractivity contribution is 7.98. The van der Waals surface area contributed by atoms with Crippen molar-refractivity contribution in [3.8, 4) is 0 Å². The van der Waals surface area contributed by atoms with Crippen LogP contribution in [0.15, 0.2) is 29.2 Å². The van der Waals surface area contributed by atoms with Gasteiger partial charge >= 0.3 is 0 Å². The average molecular weight is 287 g/mol. The molecule has 0 aromatic heterocycles. The number of hydrogen-bond donors (Lipinski definition) is 0. The molecule has 0 saturated heterocycles. The van der Waals surface area contributed by atoms with E-state index in [1.54, 1.807) is 26.2 Å². The van der Waals surface area contributed by atoms with E-state index in [1.807, 2.05) is 23.9 Å². The summed E-state index contributed by atoms with van der Waals surface area (Å²) in [6.07, 6.45) is 2.41. The number of sulfonamides is 1. The zero-order chi connectivity index (χ0) is 13.6. The molecular weight excluding hydrogens is 266 g/mol. The van der Waals surface area contributed by atoms with Gasteiger partial charge in [0, 0.05) is 19.8 Å². The van der Waals surface area contributed by atoms with Gasteiger partial charge in [0.25, 0.3) is 0 Å². The standard InChI is InChI=1S/C13H21NO2S2/c1-4-5-9-17-11-12-7-6-8-13(10-12)18(15,16)14(2)3/h6-8,10H,4-5,9,11H2,1-3H3. The average Bonchev–Trinajstić information content (AvgIpc) is 2.35. The normalized spacial score (nSPS) is 12.0. The van der Waals surface area contributed by atoms with Gasteiger partial charge in [0.05, 0.1) is 4.90 Å². The number of thioether (sulfide) groups is 1. The van der Waals surface area contributed by atoms with Crippen LogP contribution in [0, 0.1) is 0 Å². The Morgan fingerprint density at radius 1 is 1.28 bits per heavy atom. The highest BCUT2D eigenvalue weighted by Crippen LogP contribution is 2.19. The van der Waals surface area contributed by atoms with Gasteiger partial charge in [-0.05, 0) is 29.9 Å². The van der Waals surface area contributed by atoms with Crippen molar-refractivity contribution in [3.05, 3.63) is 29.8 Å². The summed E-state index contributed by atoms with van der Waals surface area (Å²) < 4.78 is 25.2. The molecule has 0 atom stereocenters. The first-order valence-electron chi connectivity index (χ1n) is 6.07. The molecule has 18 heavy (non-hydrogen) atoms. The molecule has 1 aromatic carbocycles. The second-order valence-electron chi connectivity index (χ2n) is 4.34. The van der Waals surface area contributed by atoms with Gasteiger partial charge in [-0.25, -0.2) is 12.7 Å². The Labute approximate surface area is 115 Å². The minimum absolute atomic E-state index is 0.376. The zero-order valence-corrected chi connectivity index (χ0v) is 12.9. The van der Waals surface area contributed by atoms with Crippen LogP contribution >= 0.6 is 11.8 Å². The molecule has 0 bridgehead atoms. The molecule has 102 valence electrons. The van der Waals surface area contributed by atoms with E-state index in [0.29, 0.717) is 4.90 Å². The van der Waals surface area contributed by atoms with Crippen molar-refractivity contribution in [2.45, 2.75) is 30.4 Å². The molecule has 0 heterocycles. The number of unbranched alkanes of at least 4 members (excludes halogenated alkanes) is 1. The van der Waals surface area contributed by atoms with Crippen LogP contribution < -0.4 is 0 Å². The Balaban J connectivity index is 2.74. The molecule has 0 aliphatic carbocycles. The van der Waals surface area contributed by atoms with Crippen molar-refractivity contribution >= 4 is 21.8 Å². The molecule has 0 N–H and O–H groups in total. The molecule has 1 aromatic rings. The van der Waals surface area contributed by atoms with Gasteiger partial charge < -0.3 is 0 Å². The van der Waals surface area contributed by atoms with Crippen molar-refractivity contribution < 1.29 is 8.42 Å². The van der Waals surface area contributed by atoms with Gasteiger partial charge in [-0.15, -0.1) is 0 Å². The Morgan fingerprint density at radius 2 is 2.00 bits per heavy atom. The molecule has 0 radical (unpaired) electrons. The van der Waals surface area contributed by atoms with Gasteiger partial charge in [-0.2, -0.15) is 11.8 Å². The molecular formula is C13H21NO2S2. The van der Waals surface area contributed by atoms with Crippen LogP contribution in [0.1, 0.15) is 25.3 Å². The maximum Gasteiger partial charge on any atom is 0.242 e. The van der Waals surface area contributed by atoms with Crippen molar-refractivity contribution in [2.75, 3.05) is 19.8 Å².